The van der Waals surface area contributed by atoms with Crippen molar-refractivity contribution in [2.24, 2.45) is 0 Å². The molecule has 3 nitrogen and oxygen atoms in total. The third-order valence-corrected chi connectivity index (χ3v) is 4.08. The number of halogens is 1. The van der Waals surface area contributed by atoms with Crippen LogP contribution in [0.3, 0.4) is 0 Å². The summed E-state index contributed by atoms with van der Waals surface area (Å²) >= 11 is 7.39. The minimum Gasteiger partial charge on any atom is -0.504 e. The van der Waals surface area contributed by atoms with E-state index in [1.165, 1.54) is 6.07 Å². The molecule has 2 aromatic carbocycles. The SMILES string of the molecule is Oc1cc(/C=C/c2nc3ccccc3s2)cc(Cl)c1O. The van der Waals surface area contributed by atoms with Gasteiger partial charge in [0.05, 0.1) is 15.2 Å². The maximum absolute atomic E-state index is 9.51. The van der Waals surface area contributed by atoms with Crippen molar-refractivity contribution < 1.29 is 10.2 Å². The molecule has 0 unspecified atom stereocenters. The van der Waals surface area contributed by atoms with Gasteiger partial charge >= 0.3 is 0 Å². The van der Waals surface area contributed by atoms with Gasteiger partial charge in [-0.15, -0.1) is 11.3 Å². The van der Waals surface area contributed by atoms with Crippen LogP contribution in [-0.4, -0.2) is 15.2 Å². The molecule has 0 spiro atoms. The molecule has 0 aliphatic rings. The van der Waals surface area contributed by atoms with Gasteiger partial charge in [-0.25, -0.2) is 4.98 Å². The molecule has 0 bridgehead atoms. The number of aromatic hydroxyl groups is 2. The summed E-state index contributed by atoms with van der Waals surface area (Å²) < 4.78 is 1.12. The summed E-state index contributed by atoms with van der Waals surface area (Å²) in [4.78, 5) is 4.48. The Kier molecular flexibility index (Phi) is 3.34. The van der Waals surface area contributed by atoms with E-state index in [1.54, 1.807) is 23.5 Å². The summed E-state index contributed by atoms with van der Waals surface area (Å²) in [6.45, 7) is 0. The highest BCUT2D eigenvalue weighted by Crippen LogP contribution is 2.34. The van der Waals surface area contributed by atoms with E-state index < -0.39 is 0 Å². The monoisotopic (exact) mass is 303 g/mol. The Morgan fingerprint density at radius 3 is 2.65 bits per heavy atom. The molecule has 0 atom stereocenters. The molecule has 1 aromatic heterocycles. The van der Waals surface area contributed by atoms with Gasteiger partial charge in [-0.05, 0) is 35.9 Å². The van der Waals surface area contributed by atoms with Crippen LogP contribution in [0.1, 0.15) is 10.6 Å². The Hall–Kier alpha value is -2.04. The first-order valence-corrected chi connectivity index (χ1v) is 7.08. The lowest BCUT2D eigenvalue weighted by Crippen LogP contribution is -1.76. The van der Waals surface area contributed by atoms with E-state index in [0.29, 0.717) is 5.56 Å². The van der Waals surface area contributed by atoms with Gasteiger partial charge in [-0.1, -0.05) is 29.8 Å². The van der Waals surface area contributed by atoms with Gasteiger partial charge in [0.2, 0.25) is 0 Å². The number of hydrogen-bond donors (Lipinski definition) is 2. The second kappa shape index (κ2) is 5.15. The third kappa shape index (κ3) is 2.48. The van der Waals surface area contributed by atoms with Crippen molar-refractivity contribution >= 4 is 45.3 Å². The summed E-state index contributed by atoms with van der Waals surface area (Å²) in [5, 5.41) is 19.9. The molecule has 0 aliphatic carbocycles. The molecule has 1 heterocycles. The fraction of sp³-hybridized carbons (Fsp3) is 0. The zero-order chi connectivity index (χ0) is 14.1. The van der Waals surface area contributed by atoms with Crippen LogP contribution in [0.15, 0.2) is 36.4 Å². The Balaban J connectivity index is 1.93. The van der Waals surface area contributed by atoms with Crippen LogP contribution >= 0.6 is 22.9 Å². The molecule has 0 saturated carbocycles. The topological polar surface area (TPSA) is 53.4 Å². The molecule has 0 aliphatic heterocycles. The predicted octanol–water partition coefficient (Wildman–Crippen LogP) is 4.53. The number of rotatable bonds is 2. The number of para-hydroxylation sites is 1. The molecule has 20 heavy (non-hydrogen) atoms. The zero-order valence-corrected chi connectivity index (χ0v) is 11.8. The molecular formula is C15H10ClNO2S. The van der Waals surface area contributed by atoms with E-state index >= 15 is 0 Å². The van der Waals surface area contributed by atoms with Crippen LogP contribution in [0.2, 0.25) is 5.02 Å². The lowest BCUT2D eigenvalue weighted by molar-refractivity contribution is 0.404. The summed E-state index contributed by atoms with van der Waals surface area (Å²) in [6.07, 6.45) is 3.65. The van der Waals surface area contributed by atoms with Crippen molar-refractivity contribution in [2.75, 3.05) is 0 Å². The van der Waals surface area contributed by atoms with Gasteiger partial charge in [-0.3, -0.25) is 0 Å². The van der Waals surface area contributed by atoms with Gasteiger partial charge < -0.3 is 10.2 Å². The number of hydrogen-bond acceptors (Lipinski definition) is 4. The summed E-state index contributed by atoms with van der Waals surface area (Å²) in [6, 6.07) is 10.9. The van der Waals surface area contributed by atoms with Crippen molar-refractivity contribution in [3.63, 3.8) is 0 Å². The summed E-state index contributed by atoms with van der Waals surface area (Å²) in [7, 11) is 0. The van der Waals surface area contributed by atoms with Crippen molar-refractivity contribution in [2.45, 2.75) is 0 Å². The van der Waals surface area contributed by atoms with E-state index in [-0.39, 0.29) is 16.5 Å². The zero-order valence-electron chi connectivity index (χ0n) is 10.2. The Morgan fingerprint density at radius 1 is 1.10 bits per heavy atom. The van der Waals surface area contributed by atoms with E-state index in [9.17, 15) is 10.2 Å². The minimum atomic E-state index is -0.302. The number of nitrogens with zero attached hydrogens (tertiary/aromatic N) is 1. The van der Waals surface area contributed by atoms with Gasteiger partial charge in [0.1, 0.15) is 5.01 Å². The first-order valence-electron chi connectivity index (χ1n) is 5.88. The molecule has 2 N–H and O–H groups in total. The Labute approximate surface area is 124 Å². The smallest absolute Gasteiger partial charge is 0.176 e. The van der Waals surface area contributed by atoms with Crippen LogP contribution in [0.4, 0.5) is 0 Å². The molecule has 100 valence electrons. The molecule has 0 fully saturated rings. The van der Waals surface area contributed by atoms with Gasteiger partial charge in [0.25, 0.3) is 0 Å². The predicted molar refractivity (Wildman–Crippen MR) is 83.3 cm³/mol. The van der Waals surface area contributed by atoms with Gasteiger partial charge in [0, 0.05) is 0 Å². The molecule has 0 saturated heterocycles. The number of phenols is 2. The summed E-state index contributed by atoms with van der Waals surface area (Å²) in [5.41, 5.74) is 1.66. The maximum Gasteiger partial charge on any atom is 0.176 e. The Bertz CT molecular complexity index is 754. The van der Waals surface area contributed by atoms with Crippen molar-refractivity contribution in [1.29, 1.82) is 0 Å². The first kappa shape index (κ1) is 13.0. The van der Waals surface area contributed by atoms with E-state index in [4.69, 9.17) is 11.6 Å². The Morgan fingerprint density at radius 2 is 1.90 bits per heavy atom. The average Bonchev–Trinajstić information content (AvgIpc) is 2.85. The van der Waals surface area contributed by atoms with Crippen LogP contribution < -0.4 is 0 Å². The number of benzene rings is 2. The maximum atomic E-state index is 9.51. The second-order valence-electron chi connectivity index (χ2n) is 4.22. The highest BCUT2D eigenvalue weighted by molar-refractivity contribution is 7.19. The van der Waals surface area contributed by atoms with E-state index in [1.807, 2.05) is 30.3 Å². The minimum absolute atomic E-state index is 0.119. The van der Waals surface area contributed by atoms with E-state index in [2.05, 4.69) is 4.98 Å². The van der Waals surface area contributed by atoms with Crippen molar-refractivity contribution in [1.82, 2.24) is 4.98 Å². The molecule has 5 heteroatoms. The molecule has 0 amide bonds. The fourth-order valence-electron chi connectivity index (χ4n) is 1.83. The number of fused-ring (bicyclic) bond motifs is 1. The number of phenolic OH excluding ortho intramolecular Hbond substituents is 2. The van der Waals surface area contributed by atoms with Gasteiger partial charge in [-0.2, -0.15) is 0 Å². The lowest BCUT2D eigenvalue weighted by atomic mass is 10.2. The molecular weight excluding hydrogens is 294 g/mol. The fourth-order valence-corrected chi connectivity index (χ4v) is 2.92. The standard InChI is InChI=1S/C15H10ClNO2S/c16-10-7-9(8-12(18)15(10)19)5-6-14-17-11-3-1-2-4-13(11)20-14/h1-8,18-19H/b6-5+. The van der Waals surface area contributed by atoms with Crippen LogP contribution in [0, 0.1) is 0 Å². The lowest BCUT2D eigenvalue weighted by Gasteiger charge is -2.01. The van der Waals surface area contributed by atoms with Crippen LogP contribution in [0.25, 0.3) is 22.4 Å². The second-order valence-corrected chi connectivity index (χ2v) is 5.69. The largest absolute Gasteiger partial charge is 0.504 e. The highest BCUT2D eigenvalue weighted by atomic mass is 35.5. The highest BCUT2D eigenvalue weighted by Gasteiger charge is 2.06. The van der Waals surface area contributed by atoms with Crippen LogP contribution in [0.5, 0.6) is 11.5 Å². The third-order valence-electron chi connectivity index (χ3n) is 2.79. The molecule has 0 radical (unpaired) electrons. The van der Waals surface area contributed by atoms with E-state index in [0.717, 1.165) is 15.2 Å². The van der Waals surface area contributed by atoms with Crippen LogP contribution in [-0.2, 0) is 0 Å². The quantitative estimate of drug-likeness (QED) is 0.684. The van der Waals surface area contributed by atoms with Crippen molar-refractivity contribution in [3.05, 3.63) is 52.0 Å². The molecule has 3 aromatic rings. The number of thiazole rings is 1. The summed E-state index contributed by atoms with van der Waals surface area (Å²) in [5.74, 6) is -0.537. The first-order chi connectivity index (χ1) is 9.63. The average molecular weight is 304 g/mol. The molecule has 3 rings (SSSR count). The normalized spacial score (nSPS) is 11.4. The van der Waals surface area contributed by atoms with Gasteiger partial charge in [0.15, 0.2) is 11.5 Å². The number of aromatic nitrogens is 1. The van der Waals surface area contributed by atoms with Crippen molar-refractivity contribution in [3.8, 4) is 11.5 Å².